The van der Waals surface area contributed by atoms with Gasteiger partial charge in [0.25, 0.3) is 0 Å². The fraction of sp³-hybridized carbons (Fsp3) is 0.455. The fourth-order valence-corrected chi connectivity index (χ4v) is 2.23. The second kappa shape index (κ2) is 3.60. The molecule has 1 N–H and O–H groups in total. The van der Waals surface area contributed by atoms with Gasteiger partial charge in [0.2, 0.25) is 0 Å². The molecular weight excluding hydrogens is 245 g/mol. The molecule has 0 aliphatic carbocycles. The Labute approximate surface area is 101 Å². The van der Waals surface area contributed by atoms with Crippen LogP contribution in [0.15, 0.2) is 12.1 Å². The first kappa shape index (κ1) is 11.3. The zero-order chi connectivity index (χ0) is 12.9. The van der Waals surface area contributed by atoms with Crippen LogP contribution in [-0.4, -0.2) is 27.5 Å². The largest absolute Gasteiger partial charge is 0.410 e. The van der Waals surface area contributed by atoms with Gasteiger partial charge in [-0.2, -0.15) is 13.2 Å². The molecule has 0 saturated carbocycles. The lowest BCUT2D eigenvalue weighted by molar-refractivity contribution is -0.171. The van der Waals surface area contributed by atoms with Crippen molar-refractivity contribution < 1.29 is 13.2 Å². The SMILES string of the molecule is Cc1ccc2c3n(nc2n1)C(C(F)(F)F)CCN3. The summed E-state index contributed by atoms with van der Waals surface area (Å²) in [6.07, 6.45) is -4.29. The maximum absolute atomic E-state index is 12.9. The molecule has 18 heavy (non-hydrogen) atoms. The number of nitrogens with zero attached hydrogens (tertiary/aromatic N) is 3. The number of hydrogen-bond donors (Lipinski definition) is 1. The zero-order valence-corrected chi connectivity index (χ0v) is 9.62. The van der Waals surface area contributed by atoms with Gasteiger partial charge in [-0.15, -0.1) is 5.10 Å². The number of halogens is 3. The molecule has 2 aromatic rings. The molecule has 0 radical (unpaired) electrons. The minimum atomic E-state index is -4.28. The minimum Gasteiger partial charge on any atom is -0.370 e. The minimum absolute atomic E-state index is 0.0104. The number of nitrogens with one attached hydrogen (secondary N) is 1. The first-order valence-corrected chi connectivity index (χ1v) is 5.63. The summed E-state index contributed by atoms with van der Waals surface area (Å²) in [5.41, 5.74) is 1.09. The molecule has 0 saturated heterocycles. The van der Waals surface area contributed by atoms with E-state index in [4.69, 9.17) is 0 Å². The zero-order valence-electron chi connectivity index (χ0n) is 9.62. The first-order chi connectivity index (χ1) is 8.47. The summed E-state index contributed by atoms with van der Waals surface area (Å²) in [7, 11) is 0. The first-order valence-electron chi connectivity index (χ1n) is 5.63. The average Bonchev–Trinajstić information content (AvgIpc) is 2.64. The molecule has 3 heterocycles. The number of rotatable bonds is 0. The van der Waals surface area contributed by atoms with Crippen molar-refractivity contribution in [1.29, 1.82) is 0 Å². The van der Waals surface area contributed by atoms with E-state index >= 15 is 0 Å². The Kier molecular flexibility index (Phi) is 2.26. The van der Waals surface area contributed by atoms with Crippen LogP contribution in [-0.2, 0) is 0 Å². The second-order valence-electron chi connectivity index (χ2n) is 4.39. The van der Waals surface area contributed by atoms with Crippen molar-refractivity contribution in [3.8, 4) is 0 Å². The molecule has 1 atom stereocenters. The van der Waals surface area contributed by atoms with Gasteiger partial charge >= 0.3 is 6.18 Å². The van der Waals surface area contributed by atoms with Gasteiger partial charge in [-0.3, -0.25) is 0 Å². The van der Waals surface area contributed by atoms with Crippen LogP contribution in [0.25, 0.3) is 11.0 Å². The smallest absolute Gasteiger partial charge is 0.370 e. The van der Waals surface area contributed by atoms with Gasteiger partial charge in [-0.05, 0) is 25.5 Å². The van der Waals surface area contributed by atoms with Crippen molar-refractivity contribution in [2.24, 2.45) is 0 Å². The molecule has 0 aromatic carbocycles. The van der Waals surface area contributed by atoms with Crippen LogP contribution in [0.1, 0.15) is 18.2 Å². The van der Waals surface area contributed by atoms with Crippen LogP contribution in [0, 0.1) is 6.92 Å². The van der Waals surface area contributed by atoms with E-state index in [-0.39, 0.29) is 6.42 Å². The average molecular weight is 256 g/mol. The summed E-state index contributed by atoms with van der Waals surface area (Å²) in [4.78, 5) is 4.16. The van der Waals surface area contributed by atoms with Gasteiger partial charge in [0.1, 0.15) is 5.82 Å². The Hall–Kier alpha value is -1.79. The van der Waals surface area contributed by atoms with Crippen LogP contribution in [0.3, 0.4) is 0 Å². The summed E-state index contributed by atoms with van der Waals surface area (Å²) in [6, 6.07) is 1.95. The van der Waals surface area contributed by atoms with Gasteiger partial charge in [0.05, 0.1) is 5.39 Å². The maximum Gasteiger partial charge on any atom is 0.410 e. The van der Waals surface area contributed by atoms with Gasteiger partial charge in [-0.25, -0.2) is 9.67 Å². The molecule has 0 spiro atoms. The van der Waals surface area contributed by atoms with E-state index in [1.807, 2.05) is 0 Å². The monoisotopic (exact) mass is 256 g/mol. The highest BCUT2D eigenvalue weighted by atomic mass is 19.4. The molecule has 0 amide bonds. The number of alkyl halides is 3. The molecule has 4 nitrogen and oxygen atoms in total. The van der Waals surface area contributed by atoms with Crippen molar-refractivity contribution in [3.63, 3.8) is 0 Å². The van der Waals surface area contributed by atoms with Crippen LogP contribution in [0.4, 0.5) is 19.0 Å². The van der Waals surface area contributed by atoms with Crippen LogP contribution < -0.4 is 5.32 Å². The predicted octanol–water partition coefficient (Wildman–Crippen LogP) is 2.66. The maximum atomic E-state index is 12.9. The molecule has 0 fully saturated rings. The number of fused-ring (bicyclic) bond motifs is 3. The highest BCUT2D eigenvalue weighted by molar-refractivity contribution is 5.87. The summed E-state index contributed by atoms with van der Waals surface area (Å²) in [6.45, 7) is 2.07. The molecule has 2 aromatic heterocycles. The predicted molar refractivity (Wildman–Crippen MR) is 60.5 cm³/mol. The Morgan fingerprint density at radius 1 is 1.39 bits per heavy atom. The Morgan fingerprint density at radius 3 is 2.89 bits per heavy atom. The second-order valence-corrected chi connectivity index (χ2v) is 4.39. The van der Waals surface area contributed by atoms with E-state index in [1.54, 1.807) is 19.1 Å². The molecular formula is C11H11F3N4. The topological polar surface area (TPSA) is 42.7 Å². The molecule has 1 aliphatic heterocycles. The number of aromatic nitrogens is 3. The van der Waals surface area contributed by atoms with E-state index in [0.717, 1.165) is 10.4 Å². The summed E-state index contributed by atoms with van der Waals surface area (Å²) in [5, 5.41) is 7.59. The van der Waals surface area contributed by atoms with Crippen molar-refractivity contribution in [3.05, 3.63) is 17.8 Å². The molecule has 0 bridgehead atoms. The van der Waals surface area contributed by atoms with E-state index in [1.165, 1.54) is 0 Å². The third-order valence-electron chi connectivity index (χ3n) is 3.08. The lowest BCUT2D eigenvalue weighted by Crippen LogP contribution is -2.33. The van der Waals surface area contributed by atoms with E-state index in [2.05, 4.69) is 15.4 Å². The molecule has 96 valence electrons. The van der Waals surface area contributed by atoms with Crippen LogP contribution >= 0.6 is 0 Å². The van der Waals surface area contributed by atoms with Gasteiger partial charge in [-0.1, -0.05) is 0 Å². The Bertz CT molecular complexity index is 602. The summed E-state index contributed by atoms with van der Waals surface area (Å²) < 4.78 is 39.8. The Morgan fingerprint density at radius 2 is 2.17 bits per heavy atom. The number of aryl methyl sites for hydroxylation is 1. The number of anilines is 1. The number of hydrogen-bond acceptors (Lipinski definition) is 3. The highest BCUT2D eigenvalue weighted by Crippen LogP contribution is 2.39. The van der Waals surface area contributed by atoms with Crippen molar-refractivity contribution in [1.82, 2.24) is 14.8 Å². The highest BCUT2D eigenvalue weighted by Gasteiger charge is 2.44. The van der Waals surface area contributed by atoms with Crippen LogP contribution in [0.2, 0.25) is 0 Å². The molecule has 7 heteroatoms. The van der Waals surface area contributed by atoms with E-state index in [0.29, 0.717) is 23.4 Å². The molecule has 1 aliphatic rings. The van der Waals surface area contributed by atoms with Crippen molar-refractivity contribution >= 4 is 16.9 Å². The van der Waals surface area contributed by atoms with Gasteiger partial charge in [0.15, 0.2) is 11.7 Å². The van der Waals surface area contributed by atoms with Gasteiger partial charge < -0.3 is 5.32 Å². The summed E-state index contributed by atoms with van der Waals surface area (Å²) in [5.74, 6) is 0.408. The van der Waals surface area contributed by atoms with E-state index in [9.17, 15) is 13.2 Å². The third-order valence-corrected chi connectivity index (χ3v) is 3.08. The lowest BCUT2D eigenvalue weighted by atomic mass is 10.1. The Balaban J connectivity index is 2.21. The quantitative estimate of drug-likeness (QED) is 0.788. The summed E-state index contributed by atoms with van der Waals surface area (Å²) >= 11 is 0. The normalized spacial score (nSPS) is 19.7. The molecule has 1 unspecified atom stereocenters. The van der Waals surface area contributed by atoms with Crippen molar-refractivity contribution in [2.75, 3.05) is 11.9 Å². The third kappa shape index (κ3) is 1.61. The standard InChI is InChI=1S/C11H11F3N4/c1-6-2-3-7-9(16-6)17-18-8(11(12,13)14)4-5-15-10(7)18/h2-3,8,15H,4-5H2,1H3. The van der Waals surface area contributed by atoms with E-state index < -0.39 is 12.2 Å². The number of pyridine rings is 1. The van der Waals surface area contributed by atoms with Crippen molar-refractivity contribution in [2.45, 2.75) is 25.6 Å². The molecule has 3 rings (SSSR count). The fourth-order valence-electron chi connectivity index (χ4n) is 2.23. The van der Waals surface area contributed by atoms with Gasteiger partial charge in [0, 0.05) is 12.2 Å². The lowest BCUT2D eigenvalue weighted by Gasteiger charge is -2.27. The van der Waals surface area contributed by atoms with Crippen LogP contribution in [0.5, 0.6) is 0 Å².